The Morgan fingerprint density at radius 1 is 1.00 bits per heavy atom. The summed E-state index contributed by atoms with van der Waals surface area (Å²) in [5, 5.41) is 3.41. The fraction of sp³-hybridized carbons (Fsp3) is 0.0588. The molecule has 23 heavy (non-hydrogen) atoms. The normalized spacial score (nSPS) is 12.1. The second-order valence-electron chi connectivity index (χ2n) is 4.72. The van der Waals surface area contributed by atoms with E-state index in [0.717, 1.165) is 0 Å². The van der Waals surface area contributed by atoms with E-state index in [-0.39, 0.29) is 0 Å². The van der Waals surface area contributed by atoms with E-state index in [9.17, 15) is 9.59 Å². The van der Waals surface area contributed by atoms with Crippen LogP contribution in [0.15, 0.2) is 54.6 Å². The number of amides is 2. The molecule has 0 aliphatic carbocycles. The predicted octanol–water partition coefficient (Wildman–Crippen LogP) is 3.35. The minimum absolute atomic E-state index is 0.427. The third kappa shape index (κ3) is 4.58. The fourth-order valence-electron chi connectivity index (χ4n) is 1.98. The summed E-state index contributed by atoms with van der Waals surface area (Å²) in [5.74, 6) is -1.12. The number of carbonyl (C=O) groups excluding carboxylic acids is 2. The topological polar surface area (TPSA) is 72.2 Å². The summed E-state index contributed by atoms with van der Waals surface area (Å²) in [6.07, 6.45) is 2.75. The zero-order valence-electron chi connectivity index (χ0n) is 12.0. The molecule has 4 nitrogen and oxygen atoms in total. The largest absolute Gasteiger partial charge is 0.368 e. The van der Waals surface area contributed by atoms with Gasteiger partial charge in [-0.05, 0) is 23.8 Å². The highest BCUT2D eigenvalue weighted by molar-refractivity contribution is 6.37. The minimum Gasteiger partial charge on any atom is -0.368 e. The molecule has 2 aromatic carbocycles. The van der Waals surface area contributed by atoms with Gasteiger partial charge in [0.2, 0.25) is 11.8 Å². The maximum Gasteiger partial charge on any atom is 0.244 e. The molecule has 0 heterocycles. The summed E-state index contributed by atoms with van der Waals surface area (Å²) in [6.45, 7) is 0. The number of benzene rings is 2. The van der Waals surface area contributed by atoms with Crippen LogP contribution < -0.4 is 11.1 Å². The molecule has 0 spiro atoms. The average Bonchev–Trinajstić information content (AvgIpc) is 2.52. The number of primary amides is 1. The molecule has 0 radical (unpaired) electrons. The molecule has 2 aromatic rings. The Hall–Kier alpha value is -2.30. The second-order valence-corrected chi connectivity index (χ2v) is 5.54. The van der Waals surface area contributed by atoms with Gasteiger partial charge >= 0.3 is 0 Å². The lowest BCUT2D eigenvalue weighted by Crippen LogP contribution is -2.36. The van der Waals surface area contributed by atoms with Crippen LogP contribution in [0.4, 0.5) is 0 Å². The lowest BCUT2D eigenvalue weighted by molar-refractivity contribution is -0.125. The lowest BCUT2D eigenvalue weighted by Gasteiger charge is -2.14. The second kappa shape index (κ2) is 7.81. The van der Waals surface area contributed by atoms with E-state index >= 15 is 0 Å². The highest BCUT2D eigenvalue weighted by atomic mass is 35.5. The predicted molar refractivity (Wildman–Crippen MR) is 92.0 cm³/mol. The monoisotopic (exact) mass is 348 g/mol. The van der Waals surface area contributed by atoms with Gasteiger partial charge in [-0.3, -0.25) is 9.59 Å². The van der Waals surface area contributed by atoms with E-state index in [0.29, 0.717) is 21.2 Å². The van der Waals surface area contributed by atoms with Crippen LogP contribution in [0.5, 0.6) is 0 Å². The standard InChI is InChI=1S/C17H14Cl2N2O2/c18-13-7-4-8-14(19)12(13)9-10-15(22)21-16(17(20)23)11-5-2-1-3-6-11/h1-10,16H,(H2,20,23)(H,21,22)/b10-9+. The molecule has 0 aromatic heterocycles. The lowest BCUT2D eigenvalue weighted by atomic mass is 10.1. The molecule has 2 amide bonds. The Kier molecular flexibility index (Phi) is 5.79. The maximum atomic E-state index is 12.0. The molecule has 0 bridgehead atoms. The van der Waals surface area contributed by atoms with Gasteiger partial charge in [-0.25, -0.2) is 0 Å². The van der Waals surface area contributed by atoms with Gasteiger partial charge in [0, 0.05) is 21.7 Å². The van der Waals surface area contributed by atoms with Crippen molar-refractivity contribution in [3.8, 4) is 0 Å². The van der Waals surface area contributed by atoms with Crippen molar-refractivity contribution in [2.75, 3.05) is 0 Å². The Morgan fingerprint density at radius 2 is 1.61 bits per heavy atom. The summed E-state index contributed by atoms with van der Waals surface area (Å²) in [7, 11) is 0. The maximum absolute atomic E-state index is 12.0. The molecule has 0 fully saturated rings. The smallest absolute Gasteiger partial charge is 0.244 e. The molecule has 2 rings (SSSR count). The fourth-order valence-corrected chi connectivity index (χ4v) is 2.51. The summed E-state index contributed by atoms with van der Waals surface area (Å²) in [6, 6.07) is 12.9. The van der Waals surface area contributed by atoms with Gasteiger partial charge in [-0.15, -0.1) is 0 Å². The van der Waals surface area contributed by atoms with Crippen LogP contribution in [0, 0.1) is 0 Å². The van der Waals surface area contributed by atoms with Crippen LogP contribution in [0.1, 0.15) is 17.2 Å². The van der Waals surface area contributed by atoms with E-state index in [4.69, 9.17) is 28.9 Å². The van der Waals surface area contributed by atoms with Gasteiger partial charge in [-0.1, -0.05) is 59.6 Å². The van der Waals surface area contributed by atoms with Crippen molar-refractivity contribution in [3.63, 3.8) is 0 Å². The summed E-state index contributed by atoms with van der Waals surface area (Å²) in [5.41, 5.74) is 6.49. The summed E-state index contributed by atoms with van der Waals surface area (Å²) < 4.78 is 0. The number of halogens is 2. The van der Waals surface area contributed by atoms with E-state index < -0.39 is 17.9 Å². The van der Waals surface area contributed by atoms with Crippen molar-refractivity contribution in [2.45, 2.75) is 6.04 Å². The molecule has 1 unspecified atom stereocenters. The molecule has 0 saturated carbocycles. The molecule has 6 heteroatoms. The van der Waals surface area contributed by atoms with Gasteiger partial charge in [0.25, 0.3) is 0 Å². The van der Waals surface area contributed by atoms with Crippen LogP contribution in [0.2, 0.25) is 10.0 Å². The molecule has 0 aliphatic heterocycles. The zero-order valence-corrected chi connectivity index (χ0v) is 13.5. The third-order valence-electron chi connectivity index (χ3n) is 3.11. The number of nitrogens with two attached hydrogens (primary N) is 1. The van der Waals surface area contributed by atoms with Crippen molar-refractivity contribution in [1.82, 2.24) is 5.32 Å². The Bertz CT molecular complexity index is 725. The van der Waals surface area contributed by atoms with Gasteiger partial charge in [0.05, 0.1) is 0 Å². The van der Waals surface area contributed by atoms with Crippen LogP contribution in [-0.4, -0.2) is 11.8 Å². The van der Waals surface area contributed by atoms with Gasteiger partial charge in [0.1, 0.15) is 6.04 Å². The average molecular weight is 349 g/mol. The third-order valence-corrected chi connectivity index (χ3v) is 3.76. The first kappa shape index (κ1) is 17.1. The Labute approximate surface area is 143 Å². The first-order valence-electron chi connectivity index (χ1n) is 6.76. The van der Waals surface area contributed by atoms with Crippen LogP contribution in [0.3, 0.4) is 0 Å². The Balaban J connectivity index is 2.14. The van der Waals surface area contributed by atoms with Crippen LogP contribution in [-0.2, 0) is 9.59 Å². The molecular weight excluding hydrogens is 335 g/mol. The van der Waals surface area contributed by atoms with E-state index in [1.54, 1.807) is 42.5 Å². The van der Waals surface area contributed by atoms with E-state index in [1.807, 2.05) is 6.07 Å². The number of hydrogen-bond donors (Lipinski definition) is 2. The molecular formula is C17H14Cl2N2O2. The number of nitrogens with one attached hydrogen (secondary N) is 1. The van der Waals surface area contributed by atoms with Crippen molar-refractivity contribution in [2.24, 2.45) is 5.73 Å². The zero-order chi connectivity index (χ0) is 16.8. The first-order valence-corrected chi connectivity index (χ1v) is 7.51. The van der Waals surface area contributed by atoms with Crippen LogP contribution >= 0.6 is 23.2 Å². The van der Waals surface area contributed by atoms with Crippen molar-refractivity contribution in [1.29, 1.82) is 0 Å². The van der Waals surface area contributed by atoms with Crippen molar-refractivity contribution in [3.05, 3.63) is 75.8 Å². The van der Waals surface area contributed by atoms with E-state index in [2.05, 4.69) is 5.32 Å². The van der Waals surface area contributed by atoms with Crippen molar-refractivity contribution >= 4 is 41.1 Å². The number of carbonyl (C=O) groups is 2. The van der Waals surface area contributed by atoms with Gasteiger partial charge in [-0.2, -0.15) is 0 Å². The first-order chi connectivity index (χ1) is 11.0. The highest BCUT2D eigenvalue weighted by Crippen LogP contribution is 2.25. The molecule has 118 valence electrons. The number of hydrogen-bond acceptors (Lipinski definition) is 2. The van der Waals surface area contributed by atoms with Crippen LogP contribution in [0.25, 0.3) is 6.08 Å². The SMILES string of the molecule is NC(=O)C(NC(=O)/C=C/c1c(Cl)cccc1Cl)c1ccccc1. The summed E-state index contributed by atoms with van der Waals surface area (Å²) in [4.78, 5) is 23.6. The molecule has 0 aliphatic rings. The van der Waals surface area contributed by atoms with E-state index in [1.165, 1.54) is 12.2 Å². The van der Waals surface area contributed by atoms with Gasteiger partial charge in [0.15, 0.2) is 0 Å². The quantitative estimate of drug-likeness (QED) is 0.813. The van der Waals surface area contributed by atoms with Gasteiger partial charge < -0.3 is 11.1 Å². The molecule has 1 atom stereocenters. The molecule has 0 saturated heterocycles. The number of rotatable bonds is 5. The highest BCUT2D eigenvalue weighted by Gasteiger charge is 2.18. The minimum atomic E-state index is -0.907. The summed E-state index contributed by atoms with van der Waals surface area (Å²) >= 11 is 12.0. The Morgan fingerprint density at radius 3 is 2.17 bits per heavy atom. The van der Waals surface area contributed by atoms with Crippen molar-refractivity contribution < 1.29 is 9.59 Å². The molecule has 3 N–H and O–H groups in total.